The Balaban J connectivity index is 2.01. The van der Waals surface area contributed by atoms with Gasteiger partial charge in [-0.3, -0.25) is 4.79 Å². The summed E-state index contributed by atoms with van der Waals surface area (Å²) in [6.45, 7) is 0. The molecule has 27 heavy (non-hydrogen) atoms. The number of thiophene rings is 1. The standard InChI is InChI=1S/C16H14Cl3N3O3S2/c1-25-13(24)9-4-6-10(7-5-9)20-15(26)22-14(16(17,18)19)21-12(23)11-3-2-8-27-11/h2-8,14H,1H3,(H,21,23)(H2,20,22,26). The summed E-state index contributed by atoms with van der Waals surface area (Å²) in [4.78, 5) is 24.1. The highest BCUT2D eigenvalue weighted by Gasteiger charge is 2.35. The molecule has 1 aromatic carbocycles. The normalized spacial score (nSPS) is 12.0. The van der Waals surface area contributed by atoms with Crippen LogP contribution < -0.4 is 16.0 Å². The molecule has 0 aliphatic carbocycles. The molecule has 1 atom stereocenters. The van der Waals surface area contributed by atoms with Crippen LogP contribution in [0.15, 0.2) is 41.8 Å². The van der Waals surface area contributed by atoms with E-state index < -0.39 is 21.8 Å². The molecule has 0 saturated heterocycles. The maximum atomic E-state index is 12.2. The Kier molecular flexibility index (Phi) is 7.69. The van der Waals surface area contributed by atoms with E-state index in [1.165, 1.54) is 18.4 Å². The quantitative estimate of drug-likeness (QED) is 0.268. The van der Waals surface area contributed by atoms with E-state index in [0.29, 0.717) is 16.1 Å². The van der Waals surface area contributed by atoms with E-state index >= 15 is 0 Å². The first-order chi connectivity index (χ1) is 12.7. The number of amides is 1. The Morgan fingerprint density at radius 1 is 1.15 bits per heavy atom. The molecule has 2 aromatic rings. The summed E-state index contributed by atoms with van der Waals surface area (Å²) >= 11 is 24.3. The third kappa shape index (κ3) is 6.51. The molecule has 0 aliphatic rings. The SMILES string of the molecule is COC(=O)c1ccc(NC(=S)NC(NC(=O)c2cccs2)C(Cl)(Cl)Cl)cc1. The summed E-state index contributed by atoms with van der Waals surface area (Å²) in [5.74, 6) is -0.853. The number of thiocarbonyl (C=S) groups is 1. The lowest BCUT2D eigenvalue weighted by Crippen LogP contribution is -2.56. The van der Waals surface area contributed by atoms with Gasteiger partial charge in [-0.1, -0.05) is 40.9 Å². The van der Waals surface area contributed by atoms with Gasteiger partial charge in [-0.15, -0.1) is 11.3 Å². The average Bonchev–Trinajstić information content (AvgIpc) is 3.15. The monoisotopic (exact) mass is 465 g/mol. The number of benzene rings is 1. The summed E-state index contributed by atoms with van der Waals surface area (Å²) in [5.41, 5.74) is 0.983. The summed E-state index contributed by atoms with van der Waals surface area (Å²) in [5, 5.41) is 10.1. The van der Waals surface area contributed by atoms with Gasteiger partial charge < -0.3 is 20.7 Å². The predicted molar refractivity (Wildman–Crippen MR) is 113 cm³/mol. The largest absolute Gasteiger partial charge is 0.465 e. The van der Waals surface area contributed by atoms with Gasteiger partial charge in [-0.25, -0.2) is 4.79 Å². The topological polar surface area (TPSA) is 79.5 Å². The molecule has 0 bridgehead atoms. The van der Waals surface area contributed by atoms with Crippen LogP contribution in [0.3, 0.4) is 0 Å². The Hall–Kier alpha value is -1.58. The number of hydrogen-bond donors (Lipinski definition) is 3. The van der Waals surface area contributed by atoms with Gasteiger partial charge in [-0.2, -0.15) is 0 Å². The molecule has 3 N–H and O–H groups in total. The van der Waals surface area contributed by atoms with E-state index in [0.717, 1.165) is 0 Å². The number of halogens is 3. The smallest absolute Gasteiger partial charge is 0.337 e. The van der Waals surface area contributed by atoms with Crippen LogP contribution in [0.5, 0.6) is 0 Å². The fourth-order valence-electron chi connectivity index (χ4n) is 1.92. The minimum atomic E-state index is -1.85. The number of hydrogen-bond acceptors (Lipinski definition) is 5. The maximum absolute atomic E-state index is 12.2. The maximum Gasteiger partial charge on any atom is 0.337 e. The molecule has 11 heteroatoms. The van der Waals surface area contributed by atoms with Crippen molar-refractivity contribution >= 4 is 81.0 Å². The van der Waals surface area contributed by atoms with E-state index in [-0.39, 0.29) is 5.11 Å². The summed E-state index contributed by atoms with van der Waals surface area (Å²) in [6, 6.07) is 9.80. The molecule has 0 aliphatic heterocycles. The number of ether oxygens (including phenoxy) is 1. The minimum Gasteiger partial charge on any atom is -0.465 e. The number of methoxy groups -OCH3 is 1. The highest BCUT2D eigenvalue weighted by atomic mass is 35.6. The van der Waals surface area contributed by atoms with Crippen molar-refractivity contribution in [1.29, 1.82) is 0 Å². The molecule has 2 rings (SSSR count). The lowest BCUT2D eigenvalue weighted by Gasteiger charge is -2.27. The number of carbonyl (C=O) groups excluding carboxylic acids is 2. The van der Waals surface area contributed by atoms with Crippen LogP contribution in [0.1, 0.15) is 20.0 Å². The van der Waals surface area contributed by atoms with Crippen molar-refractivity contribution < 1.29 is 14.3 Å². The molecule has 0 radical (unpaired) electrons. The highest BCUT2D eigenvalue weighted by molar-refractivity contribution is 7.80. The zero-order valence-corrected chi connectivity index (χ0v) is 17.7. The van der Waals surface area contributed by atoms with E-state index in [2.05, 4.69) is 20.7 Å². The number of rotatable bonds is 5. The van der Waals surface area contributed by atoms with E-state index in [4.69, 9.17) is 47.0 Å². The Bertz CT molecular complexity index is 809. The van der Waals surface area contributed by atoms with E-state index in [1.54, 1.807) is 41.8 Å². The Labute approximate surface area is 180 Å². The number of esters is 1. The van der Waals surface area contributed by atoms with Crippen molar-refractivity contribution in [1.82, 2.24) is 10.6 Å². The van der Waals surface area contributed by atoms with Crippen LogP contribution >= 0.6 is 58.4 Å². The molecule has 1 amide bonds. The van der Waals surface area contributed by atoms with Gasteiger partial charge in [0.1, 0.15) is 6.17 Å². The van der Waals surface area contributed by atoms with Crippen LogP contribution in [-0.2, 0) is 4.74 Å². The van der Waals surface area contributed by atoms with Gasteiger partial charge in [-0.05, 0) is 47.9 Å². The number of alkyl halides is 3. The van der Waals surface area contributed by atoms with Crippen LogP contribution in [0.2, 0.25) is 0 Å². The van der Waals surface area contributed by atoms with Crippen molar-refractivity contribution in [2.24, 2.45) is 0 Å². The van der Waals surface area contributed by atoms with Crippen molar-refractivity contribution in [3.63, 3.8) is 0 Å². The molecule has 1 aromatic heterocycles. The van der Waals surface area contributed by atoms with Crippen molar-refractivity contribution in [3.8, 4) is 0 Å². The van der Waals surface area contributed by atoms with Crippen LogP contribution in [0.25, 0.3) is 0 Å². The summed E-state index contributed by atoms with van der Waals surface area (Å²) < 4.78 is 2.78. The van der Waals surface area contributed by atoms with Gasteiger partial charge in [0, 0.05) is 5.69 Å². The number of anilines is 1. The molecule has 0 spiro atoms. The fraction of sp³-hybridized carbons (Fsp3) is 0.188. The Morgan fingerprint density at radius 3 is 2.33 bits per heavy atom. The lowest BCUT2D eigenvalue weighted by atomic mass is 10.2. The van der Waals surface area contributed by atoms with Gasteiger partial charge in [0.2, 0.25) is 3.79 Å². The fourth-order valence-corrected chi connectivity index (χ4v) is 3.11. The average molecular weight is 467 g/mol. The van der Waals surface area contributed by atoms with Gasteiger partial charge in [0.05, 0.1) is 17.6 Å². The van der Waals surface area contributed by atoms with Crippen molar-refractivity contribution in [2.45, 2.75) is 9.96 Å². The van der Waals surface area contributed by atoms with Gasteiger partial charge in [0.15, 0.2) is 5.11 Å². The van der Waals surface area contributed by atoms with Gasteiger partial charge in [0.25, 0.3) is 5.91 Å². The molecule has 144 valence electrons. The van der Waals surface area contributed by atoms with Crippen LogP contribution in [-0.4, -0.2) is 34.1 Å². The van der Waals surface area contributed by atoms with E-state index in [1.807, 2.05) is 0 Å². The third-order valence-corrected chi connectivity index (χ3v) is 4.93. The van der Waals surface area contributed by atoms with Crippen LogP contribution in [0.4, 0.5) is 5.69 Å². The van der Waals surface area contributed by atoms with Gasteiger partial charge >= 0.3 is 5.97 Å². The highest BCUT2D eigenvalue weighted by Crippen LogP contribution is 2.29. The Morgan fingerprint density at radius 2 is 1.81 bits per heavy atom. The van der Waals surface area contributed by atoms with Crippen molar-refractivity contribution in [3.05, 3.63) is 52.2 Å². The first kappa shape index (κ1) is 21.7. The van der Waals surface area contributed by atoms with Crippen molar-refractivity contribution in [2.75, 3.05) is 12.4 Å². The first-order valence-corrected chi connectivity index (χ1v) is 9.80. The zero-order valence-electron chi connectivity index (χ0n) is 13.8. The van der Waals surface area contributed by atoms with Crippen LogP contribution in [0, 0.1) is 0 Å². The van der Waals surface area contributed by atoms with E-state index in [9.17, 15) is 9.59 Å². The zero-order chi connectivity index (χ0) is 20.0. The molecule has 0 fully saturated rings. The molecular weight excluding hydrogens is 453 g/mol. The molecule has 0 saturated carbocycles. The third-order valence-electron chi connectivity index (χ3n) is 3.19. The second kappa shape index (κ2) is 9.57. The second-order valence-electron chi connectivity index (χ2n) is 5.09. The second-order valence-corrected chi connectivity index (χ2v) is 8.82. The molecular formula is C16H14Cl3N3O3S2. The molecule has 6 nitrogen and oxygen atoms in total. The number of carbonyl (C=O) groups is 2. The summed E-state index contributed by atoms with van der Waals surface area (Å²) in [7, 11) is 1.30. The molecule has 1 heterocycles. The first-order valence-electron chi connectivity index (χ1n) is 7.37. The predicted octanol–water partition coefficient (Wildman–Crippen LogP) is 3.95. The number of nitrogens with one attached hydrogen (secondary N) is 3. The minimum absolute atomic E-state index is 0.114. The lowest BCUT2D eigenvalue weighted by molar-refractivity contribution is 0.0600. The summed E-state index contributed by atoms with van der Waals surface area (Å²) in [6.07, 6.45) is -1.08. The molecule has 1 unspecified atom stereocenters.